The summed E-state index contributed by atoms with van der Waals surface area (Å²) in [6, 6.07) is 8.26. The van der Waals surface area contributed by atoms with E-state index < -0.39 is 5.82 Å². The fourth-order valence-electron chi connectivity index (χ4n) is 1.54. The predicted octanol–water partition coefficient (Wildman–Crippen LogP) is 3.56. The van der Waals surface area contributed by atoms with Crippen molar-refractivity contribution in [1.29, 1.82) is 0 Å². The molecule has 0 aliphatic heterocycles. The third-order valence-electron chi connectivity index (χ3n) is 2.56. The van der Waals surface area contributed by atoms with E-state index >= 15 is 0 Å². The second kappa shape index (κ2) is 5.14. The zero-order valence-electron chi connectivity index (χ0n) is 9.78. The van der Waals surface area contributed by atoms with Crippen LogP contribution in [0.5, 0.6) is 11.5 Å². The minimum atomic E-state index is -0.457. The molecule has 4 heteroatoms. The second-order valence-corrected chi connectivity index (χ2v) is 3.92. The molecular weight excluding hydrogens is 238 g/mol. The van der Waals surface area contributed by atoms with Gasteiger partial charge in [0.25, 0.3) is 0 Å². The Labute approximate surface area is 103 Å². The molecule has 0 saturated carbocycles. The number of aliphatic hydroxyl groups is 1. The molecule has 0 aliphatic carbocycles. The van der Waals surface area contributed by atoms with E-state index in [1.54, 1.807) is 19.1 Å². The fourth-order valence-corrected chi connectivity index (χ4v) is 1.54. The van der Waals surface area contributed by atoms with Gasteiger partial charge in [-0.15, -0.1) is 0 Å². The van der Waals surface area contributed by atoms with Crippen molar-refractivity contribution >= 4 is 0 Å². The number of hydrogen-bond donors (Lipinski definition) is 1. The van der Waals surface area contributed by atoms with E-state index in [1.165, 1.54) is 24.3 Å². The molecule has 0 heterocycles. The minimum absolute atomic E-state index is 0.305. The first-order valence-electron chi connectivity index (χ1n) is 5.43. The molecule has 0 aliphatic rings. The topological polar surface area (TPSA) is 29.5 Å². The Kier molecular flexibility index (Phi) is 3.58. The SMILES string of the molecule is Cc1ccc(Oc2ccc(F)cc2CO)cc1F. The van der Waals surface area contributed by atoms with Crippen LogP contribution in [0.2, 0.25) is 0 Å². The van der Waals surface area contributed by atoms with Crippen molar-refractivity contribution < 1.29 is 18.6 Å². The van der Waals surface area contributed by atoms with Crippen LogP contribution in [0.4, 0.5) is 8.78 Å². The van der Waals surface area contributed by atoms with Crippen LogP contribution in [0.3, 0.4) is 0 Å². The molecule has 1 N–H and O–H groups in total. The van der Waals surface area contributed by atoms with Crippen molar-refractivity contribution in [2.45, 2.75) is 13.5 Å². The van der Waals surface area contributed by atoms with Crippen molar-refractivity contribution in [3.63, 3.8) is 0 Å². The van der Waals surface area contributed by atoms with Crippen LogP contribution < -0.4 is 4.74 Å². The maximum atomic E-state index is 13.3. The summed E-state index contributed by atoms with van der Waals surface area (Å²) < 4.78 is 31.7. The maximum absolute atomic E-state index is 13.3. The summed E-state index contributed by atoms with van der Waals surface area (Å²) in [4.78, 5) is 0. The van der Waals surface area contributed by atoms with Crippen molar-refractivity contribution in [2.24, 2.45) is 0 Å². The first-order chi connectivity index (χ1) is 8.60. The van der Waals surface area contributed by atoms with Gasteiger partial charge in [-0.25, -0.2) is 8.78 Å². The Bertz CT molecular complexity index is 568. The Morgan fingerprint density at radius 2 is 1.89 bits per heavy atom. The number of aryl methyl sites for hydroxylation is 1. The summed E-state index contributed by atoms with van der Waals surface area (Å²) in [6.45, 7) is 1.30. The van der Waals surface area contributed by atoms with Gasteiger partial charge in [0.15, 0.2) is 0 Å². The van der Waals surface area contributed by atoms with Gasteiger partial charge >= 0.3 is 0 Å². The molecular formula is C14H12F2O2. The van der Waals surface area contributed by atoms with Crippen molar-refractivity contribution in [1.82, 2.24) is 0 Å². The van der Waals surface area contributed by atoms with Gasteiger partial charge in [-0.05, 0) is 36.8 Å². The molecule has 0 aromatic heterocycles. The molecule has 0 unspecified atom stereocenters. The van der Waals surface area contributed by atoms with Gasteiger partial charge in [-0.2, -0.15) is 0 Å². The van der Waals surface area contributed by atoms with Gasteiger partial charge in [0, 0.05) is 11.6 Å². The smallest absolute Gasteiger partial charge is 0.133 e. The van der Waals surface area contributed by atoms with E-state index in [9.17, 15) is 8.78 Å². The number of benzene rings is 2. The molecule has 0 amide bonds. The Hall–Kier alpha value is -1.94. The van der Waals surface area contributed by atoms with Crippen LogP contribution in [0.25, 0.3) is 0 Å². The van der Waals surface area contributed by atoms with Crippen LogP contribution in [0, 0.1) is 18.6 Å². The van der Waals surface area contributed by atoms with Crippen LogP contribution in [0.1, 0.15) is 11.1 Å². The lowest BCUT2D eigenvalue weighted by Gasteiger charge is -2.10. The first-order valence-corrected chi connectivity index (χ1v) is 5.43. The molecule has 2 rings (SSSR count). The van der Waals surface area contributed by atoms with Crippen LogP contribution in [0.15, 0.2) is 36.4 Å². The lowest BCUT2D eigenvalue weighted by atomic mass is 10.2. The number of rotatable bonds is 3. The quantitative estimate of drug-likeness (QED) is 0.902. The predicted molar refractivity (Wildman–Crippen MR) is 63.5 cm³/mol. The highest BCUT2D eigenvalue weighted by Gasteiger charge is 2.07. The third kappa shape index (κ3) is 2.65. The molecule has 2 aromatic rings. The Morgan fingerprint density at radius 1 is 1.11 bits per heavy atom. The van der Waals surface area contributed by atoms with Gasteiger partial charge in [0.1, 0.15) is 23.1 Å². The van der Waals surface area contributed by atoms with E-state index in [0.717, 1.165) is 0 Å². The van der Waals surface area contributed by atoms with E-state index in [-0.39, 0.29) is 12.4 Å². The largest absolute Gasteiger partial charge is 0.457 e. The highest BCUT2D eigenvalue weighted by Crippen LogP contribution is 2.27. The molecule has 0 spiro atoms. The molecule has 0 bridgehead atoms. The Balaban J connectivity index is 2.30. The average Bonchev–Trinajstić information content (AvgIpc) is 2.36. The van der Waals surface area contributed by atoms with Crippen molar-refractivity contribution in [3.05, 3.63) is 59.2 Å². The average molecular weight is 250 g/mol. The van der Waals surface area contributed by atoms with Crippen molar-refractivity contribution in [2.75, 3.05) is 0 Å². The molecule has 0 atom stereocenters. The van der Waals surface area contributed by atoms with Crippen LogP contribution in [-0.4, -0.2) is 5.11 Å². The lowest BCUT2D eigenvalue weighted by molar-refractivity contribution is 0.275. The molecule has 0 fully saturated rings. The molecule has 2 aromatic carbocycles. The maximum Gasteiger partial charge on any atom is 0.133 e. The summed E-state index contributed by atoms with van der Waals surface area (Å²) in [5.41, 5.74) is 0.833. The van der Waals surface area contributed by atoms with Gasteiger partial charge in [-0.1, -0.05) is 6.07 Å². The van der Waals surface area contributed by atoms with Gasteiger partial charge in [0.05, 0.1) is 6.61 Å². The number of hydrogen-bond acceptors (Lipinski definition) is 2. The molecule has 0 radical (unpaired) electrons. The number of aliphatic hydroxyl groups excluding tert-OH is 1. The standard InChI is InChI=1S/C14H12F2O2/c1-9-2-4-12(7-13(9)16)18-14-5-3-11(15)6-10(14)8-17/h2-7,17H,8H2,1H3. The van der Waals surface area contributed by atoms with E-state index in [1.807, 2.05) is 0 Å². The van der Waals surface area contributed by atoms with Gasteiger partial charge in [-0.3, -0.25) is 0 Å². The van der Waals surface area contributed by atoms with Crippen LogP contribution in [-0.2, 0) is 6.61 Å². The zero-order chi connectivity index (χ0) is 13.1. The van der Waals surface area contributed by atoms with E-state index in [4.69, 9.17) is 9.84 Å². The highest BCUT2D eigenvalue weighted by atomic mass is 19.1. The second-order valence-electron chi connectivity index (χ2n) is 3.92. The summed E-state index contributed by atoms with van der Waals surface area (Å²) in [5, 5.41) is 9.10. The van der Waals surface area contributed by atoms with Gasteiger partial charge in [0.2, 0.25) is 0 Å². The molecule has 0 saturated heterocycles. The fraction of sp³-hybridized carbons (Fsp3) is 0.143. The molecule has 2 nitrogen and oxygen atoms in total. The highest BCUT2D eigenvalue weighted by molar-refractivity contribution is 5.38. The first kappa shape index (κ1) is 12.5. The molecule has 18 heavy (non-hydrogen) atoms. The lowest BCUT2D eigenvalue weighted by Crippen LogP contribution is -1.94. The monoisotopic (exact) mass is 250 g/mol. The van der Waals surface area contributed by atoms with Crippen molar-refractivity contribution in [3.8, 4) is 11.5 Å². The molecule has 94 valence electrons. The Morgan fingerprint density at radius 3 is 2.56 bits per heavy atom. The number of halogens is 2. The van der Waals surface area contributed by atoms with Crippen LogP contribution >= 0.6 is 0 Å². The number of ether oxygens (including phenoxy) is 1. The van der Waals surface area contributed by atoms with E-state index in [0.29, 0.717) is 22.6 Å². The summed E-state index contributed by atoms with van der Waals surface area (Å²) in [6.07, 6.45) is 0. The normalized spacial score (nSPS) is 10.4. The minimum Gasteiger partial charge on any atom is -0.457 e. The summed E-state index contributed by atoms with van der Waals surface area (Å²) >= 11 is 0. The summed E-state index contributed by atoms with van der Waals surface area (Å²) in [5.74, 6) is -0.219. The van der Waals surface area contributed by atoms with Gasteiger partial charge < -0.3 is 9.84 Å². The van der Waals surface area contributed by atoms with E-state index in [2.05, 4.69) is 0 Å². The third-order valence-corrected chi connectivity index (χ3v) is 2.56. The zero-order valence-corrected chi connectivity index (χ0v) is 9.78. The summed E-state index contributed by atoms with van der Waals surface area (Å²) in [7, 11) is 0.